The van der Waals surface area contributed by atoms with Crippen LogP contribution in [0.5, 0.6) is 11.5 Å². The number of H-pyrrole nitrogens is 1. The molecule has 2 aromatic carbocycles. The number of nitrogens with one attached hydrogen (secondary N) is 2. The van der Waals surface area contributed by atoms with Gasteiger partial charge in [-0.1, -0.05) is 12.1 Å². The third kappa shape index (κ3) is 3.39. The van der Waals surface area contributed by atoms with Crippen LogP contribution in [0.25, 0.3) is 11.1 Å². The summed E-state index contributed by atoms with van der Waals surface area (Å²) in [6.45, 7) is 1.42. The average molecular weight is 352 g/mol. The number of pyridine rings is 1. The Morgan fingerprint density at radius 3 is 2.54 bits per heavy atom. The van der Waals surface area contributed by atoms with E-state index in [9.17, 15) is 9.18 Å². The van der Waals surface area contributed by atoms with E-state index < -0.39 is 0 Å². The maximum atomic E-state index is 13.1. The summed E-state index contributed by atoms with van der Waals surface area (Å²) in [5.41, 5.74) is 2.91. The van der Waals surface area contributed by atoms with Crippen molar-refractivity contribution in [1.29, 1.82) is 0 Å². The van der Waals surface area contributed by atoms with Crippen LogP contribution in [0.2, 0.25) is 0 Å². The summed E-state index contributed by atoms with van der Waals surface area (Å²) in [7, 11) is 0. The van der Waals surface area contributed by atoms with Crippen LogP contribution in [0.1, 0.15) is 5.56 Å². The van der Waals surface area contributed by atoms with Gasteiger partial charge in [0.25, 0.3) is 5.56 Å². The van der Waals surface area contributed by atoms with Crippen LogP contribution >= 0.6 is 0 Å². The fourth-order valence-electron chi connectivity index (χ4n) is 2.82. The highest BCUT2D eigenvalue weighted by atomic mass is 19.1. The minimum Gasteiger partial charge on any atom is -0.486 e. The van der Waals surface area contributed by atoms with Gasteiger partial charge in [0.15, 0.2) is 11.5 Å². The maximum absolute atomic E-state index is 13.1. The monoisotopic (exact) mass is 352 g/mol. The average Bonchev–Trinajstić information content (AvgIpc) is 2.68. The second-order valence-electron chi connectivity index (χ2n) is 5.96. The Bertz CT molecular complexity index is 983. The van der Waals surface area contributed by atoms with Crippen LogP contribution < -0.4 is 20.3 Å². The molecule has 1 aromatic heterocycles. The molecule has 3 aromatic rings. The van der Waals surface area contributed by atoms with E-state index in [-0.39, 0.29) is 11.4 Å². The summed E-state index contributed by atoms with van der Waals surface area (Å²) >= 11 is 0. The molecule has 1 aliphatic rings. The van der Waals surface area contributed by atoms with Gasteiger partial charge >= 0.3 is 0 Å². The lowest BCUT2D eigenvalue weighted by molar-refractivity contribution is 0.171. The first-order valence-electron chi connectivity index (χ1n) is 8.30. The molecule has 4 rings (SSSR count). The lowest BCUT2D eigenvalue weighted by atomic mass is 10.1. The lowest BCUT2D eigenvalue weighted by Crippen LogP contribution is -2.17. The molecule has 0 fully saturated rings. The van der Waals surface area contributed by atoms with E-state index in [0.29, 0.717) is 31.1 Å². The van der Waals surface area contributed by atoms with Gasteiger partial charge < -0.3 is 19.8 Å². The standard InChI is InChI=1S/C20H17FN2O3/c21-16-3-1-13(2-4-16)14-9-15(20(24)23-11-14)12-22-17-5-6-18-19(10-17)26-8-7-25-18/h1-6,9-11,22H,7-8,12H2,(H,23,24). The second kappa shape index (κ2) is 6.92. The van der Waals surface area contributed by atoms with E-state index in [1.807, 2.05) is 18.2 Å². The molecular weight excluding hydrogens is 335 g/mol. The number of aromatic amines is 1. The molecule has 0 amide bonds. The number of aromatic nitrogens is 1. The number of rotatable bonds is 4. The molecule has 6 heteroatoms. The number of hydrogen-bond donors (Lipinski definition) is 2. The Morgan fingerprint density at radius 2 is 1.73 bits per heavy atom. The van der Waals surface area contributed by atoms with Crippen LogP contribution in [0.3, 0.4) is 0 Å². The first kappa shape index (κ1) is 16.2. The number of benzene rings is 2. The highest BCUT2D eigenvalue weighted by Crippen LogP contribution is 2.32. The minimum atomic E-state index is -0.293. The number of fused-ring (bicyclic) bond motifs is 1. The van der Waals surface area contributed by atoms with Crippen LogP contribution in [-0.4, -0.2) is 18.2 Å². The fourth-order valence-corrected chi connectivity index (χ4v) is 2.82. The number of halogens is 1. The molecule has 132 valence electrons. The molecule has 5 nitrogen and oxygen atoms in total. The normalized spacial score (nSPS) is 12.7. The highest BCUT2D eigenvalue weighted by molar-refractivity contribution is 5.63. The van der Waals surface area contributed by atoms with Gasteiger partial charge in [-0.15, -0.1) is 0 Å². The lowest BCUT2D eigenvalue weighted by Gasteiger charge is -2.19. The van der Waals surface area contributed by atoms with Gasteiger partial charge in [-0.05, 0) is 41.5 Å². The molecule has 2 heterocycles. The van der Waals surface area contributed by atoms with Gasteiger partial charge in [0.1, 0.15) is 19.0 Å². The molecule has 0 radical (unpaired) electrons. The van der Waals surface area contributed by atoms with E-state index >= 15 is 0 Å². The van der Waals surface area contributed by atoms with Gasteiger partial charge in [0.2, 0.25) is 0 Å². The summed E-state index contributed by atoms with van der Waals surface area (Å²) in [6, 6.07) is 13.5. The van der Waals surface area contributed by atoms with Crippen molar-refractivity contribution in [3.63, 3.8) is 0 Å². The molecule has 2 N–H and O–H groups in total. The summed E-state index contributed by atoms with van der Waals surface area (Å²) < 4.78 is 24.1. The molecule has 0 saturated carbocycles. The first-order valence-corrected chi connectivity index (χ1v) is 8.30. The van der Waals surface area contributed by atoms with E-state index in [4.69, 9.17) is 9.47 Å². The second-order valence-corrected chi connectivity index (χ2v) is 5.96. The summed E-state index contributed by atoms with van der Waals surface area (Å²) in [4.78, 5) is 14.8. The minimum absolute atomic E-state index is 0.166. The number of ether oxygens (including phenoxy) is 2. The third-order valence-electron chi connectivity index (χ3n) is 4.18. The quantitative estimate of drug-likeness (QED) is 0.754. The van der Waals surface area contributed by atoms with E-state index in [1.165, 1.54) is 12.1 Å². The predicted molar refractivity (Wildman–Crippen MR) is 97.2 cm³/mol. The molecule has 0 aliphatic carbocycles. The summed E-state index contributed by atoms with van der Waals surface area (Å²) in [5, 5.41) is 3.22. The zero-order valence-electron chi connectivity index (χ0n) is 13.9. The van der Waals surface area contributed by atoms with Crippen LogP contribution in [0.4, 0.5) is 10.1 Å². The van der Waals surface area contributed by atoms with Crippen LogP contribution in [0, 0.1) is 5.82 Å². The van der Waals surface area contributed by atoms with Crippen molar-refractivity contribution in [2.45, 2.75) is 6.54 Å². The Balaban J connectivity index is 1.53. The molecular formula is C20H17FN2O3. The van der Waals surface area contributed by atoms with Gasteiger partial charge in [-0.25, -0.2) is 4.39 Å². The topological polar surface area (TPSA) is 63.4 Å². The van der Waals surface area contributed by atoms with Gasteiger partial charge in [0, 0.05) is 30.1 Å². The highest BCUT2D eigenvalue weighted by Gasteiger charge is 2.12. The van der Waals surface area contributed by atoms with Crippen molar-refractivity contribution in [3.8, 4) is 22.6 Å². The van der Waals surface area contributed by atoms with Gasteiger partial charge in [0.05, 0.1) is 0 Å². The van der Waals surface area contributed by atoms with Crippen molar-refractivity contribution in [2.75, 3.05) is 18.5 Å². The zero-order chi connectivity index (χ0) is 17.9. The molecule has 0 saturated heterocycles. The predicted octanol–water partition coefficient (Wildman–Crippen LogP) is 3.56. The van der Waals surface area contributed by atoms with E-state index in [1.54, 1.807) is 24.4 Å². The van der Waals surface area contributed by atoms with Crippen molar-refractivity contribution < 1.29 is 13.9 Å². The van der Waals surface area contributed by atoms with Crippen molar-refractivity contribution in [1.82, 2.24) is 4.98 Å². The van der Waals surface area contributed by atoms with E-state index in [0.717, 1.165) is 22.6 Å². The van der Waals surface area contributed by atoms with Gasteiger partial charge in [-0.3, -0.25) is 4.79 Å². The largest absolute Gasteiger partial charge is 0.486 e. The zero-order valence-corrected chi connectivity index (χ0v) is 13.9. The van der Waals surface area contributed by atoms with Crippen molar-refractivity contribution >= 4 is 5.69 Å². The maximum Gasteiger partial charge on any atom is 0.252 e. The molecule has 26 heavy (non-hydrogen) atoms. The first-order chi connectivity index (χ1) is 12.7. The molecule has 0 bridgehead atoms. The Kier molecular flexibility index (Phi) is 4.31. The molecule has 0 atom stereocenters. The number of anilines is 1. The van der Waals surface area contributed by atoms with Crippen LogP contribution in [-0.2, 0) is 6.54 Å². The summed E-state index contributed by atoms with van der Waals surface area (Å²) in [6.07, 6.45) is 1.63. The van der Waals surface area contributed by atoms with Crippen LogP contribution in [0.15, 0.2) is 59.5 Å². The Hall–Kier alpha value is -3.28. The molecule has 0 spiro atoms. The van der Waals surface area contributed by atoms with Crippen molar-refractivity contribution in [2.24, 2.45) is 0 Å². The van der Waals surface area contributed by atoms with E-state index in [2.05, 4.69) is 10.3 Å². The van der Waals surface area contributed by atoms with Gasteiger partial charge in [-0.2, -0.15) is 0 Å². The summed E-state index contributed by atoms with van der Waals surface area (Å²) in [5.74, 6) is 1.12. The van der Waals surface area contributed by atoms with Crippen molar-refractivity contribution in [3.05, 3.63) is 76.5 Å². The SMILES string of the molecule is O=c1[nH]cc(-c2ccc(F)cc2)cc1CNc1ccc2c(c1)OCCO2. The molecule has 0 unspecified atom stereocenters. The smallest absolute Gasteiger partial charge is 0.252 e. The molecule has 1 aliphatic heterocycles. The fraction of sp³-hybridized carbons (Fsp3) is 0.150. The number of hydrogen-bond acceptors (Lipinski definition) is 4. The third-order valence-corrected chi connectivity index (χ3v) is 4.18. The Morgan fingerprint density at radius 1 is 0.962 bits per heavy atom. The Labute approximate surface area is 149 Å².